The van der Waals surface area contributed by atoms with Crippen molar-refractivity contribution in [3.63, 3.8) is 0 Å². The first kappa shape index (κ1) is 15.1. The van der Waals surface area contributed by atoms with Crippen LogP contribution < -0.4 is 4.74 Å². The molecule has 2 aromatic carbocycles. The SMILES string of the molecule is CS(=O)(=O)c1ccc(Oc2ccc(Cl)c(Cl)c2)c2cn[nH]c12. The highest BCUT2D eigenvalue weighted by Crippen LogP contribution is 2.34. The molecule has 114 valence electrons. The fraction of sp³-hybridized carbons (Fsp3) is 0.0714. The second-order valence-corrected chi connectivity index (χ2v) is 7.47. The Hall–Kier alpha value is -1.76. The molecule has 0 bridgehead atoms. The Balaban J connectivity index is 2.09. The zero-order valence-corrected chi connectivity index (χ0v) is 13.6. The van der Waals surface area contributed by atoms with Gasteiger partial charge in [0, 0.05) is 12.3 Å². The normalized spacial score (nSPS) is 11.8. The molecule has 0 spiro atoms. The number of aromatic nitrogens is 2. The van der Waals surface area contributed by atoms with Gasteiger partial charge >= 0.3 is 0 Å². The van der Waals surface area contributed by atoms with Crippen LogP contribution in [0.1, 0.15) is 0 Å². The average molecular weight is 357 g/mol. The number of aromatic amines is 1. The number of nitrogens with zero attached hydrogens (tertiary/aromatic N) is 1. The Labute approximate surface area is 136 Å². The highest BCUT2D eigenvalue weighted by atomic mass is 35.5. The Morgan fingerprint density at radius 1 is 1.14 bits per heavy atom. The summed E-state index contributed by atoms with van der Waals surface area (Å²) in [5.74, 6) is 0.957. The summed E-state index contributed by atoms with van der Waals surface area (Å²) >= 11 is 11.8. The van der Waals surface area contributed by atoms with Crippen LogP contribution in [0.4, 0.5) is 0 Å². The van der Waals surface area contributed by atoms with Crippen molar-refractivity contribution in [2.24, 2.45) is 0 Å². The molecular weight excluding hydrogens is 347 g/mol. The minimum absolute atomic E-state index is 0.168. The lowest BCUT2D eigenvalue weighted by Gasteiger charge is -2.09. The maximum Gasteiger partial charge on any atom is 0.177 e. The molecule has 3 rings (SSSR count). The summed E-state index contributed by atoms with van der Waals surface area (Å²) in [6.45, 7) is 0. The Bertz CT molecular complexity index is 967. The summed E-state index contributed by atoms with van der Waals surface area (Å²) in [5, 5.41) is 7.94. The molecule has 0 aliphatic heterocycles. The van der Waals surface area contributed by atoms with Gasteiger partial charge in [-0.1, -0.05) is 23.2 Å². The maximum atomic E-state index is 11.8. The van der Waals surface area contributed by atoms with Gasteiger partial charge in [-0.25, -0.2) is 8.42 Å². The molecule has 5 nitrogen and oxygen atoms in total. The summed E-state index contributed by atoms with van der Waals surface area (Å²) in [7, 11) is -3.37. The topological polar surface area (TPSA) is 72.1 Å². The number of rotatable bonds is 3. The van der Waals surface area contributed by atoms with E-state index in [1.165, 1.54) is 12.3 Å². The predicted molar refractivity (Wildman–Crippen MR) is 85.7 cm³/mol. The van der Waals surface area contributed by atoms with Crippen molar-refractivity contribution in [2.45, 2.75) is 4.90 Å². The Morgan fingerprint density at radius 2 is 1.91 bits per heavy atom. The number of fused-ring (bicyclic) bond motifs is 1. The largest absolute Gasteiger partial charge is 0.457 e. The summed E-state index contributed by atoms with van der Waals surface area (Å²) in [6.07, 6.45) is 2.65. The van der Waals surface area contributed by atoms with Gasteiger partial charge in [-0.15, -0.1) is 0 Å². The third-order valence-electron chi connectivity index (χ3n) is 3.06. The van der Waals surface area contributed by atoms with E-state index in [0.29, 0.717) is 32.4 Å². The molecule has 0 fully saturated rings. The number of ether oxygens (including phenoxy) is 1. The lowest BCUT2D eigenvalue weighted by Crippen LogP contribution is -1.98. The van der Waals surface area contributed by atoms with Gasteiger partial charge in [-0.05, 0) is 24.3 Å². The number of hydrogen-bond donors (Lipinski definition) is 1. The van der Waals surface area contributed by atoms with E-state index in [1.54, 1.807) is 24.3 Å². The quantitative estimate of drug-likeness (QED) is 0.767. The van der Waals surface area contributed by atoms with Crippen molar-refractivity contribution >= 4 is 43.9 Å². The molecule has 8 heteroatoms. The van der Waals surface area contributed by atoms with Crippen LogP contribution in [0.5, 0.6) is 11.5 Å². The molecule has 0 atom stereocenters. The van der Waals surface area contributed by atoms with E-state index < -0.39 is 9.84 Å². The molecule has 3 aromatic rings. The summed E-state index contributed by atoms with van der Waals surface area (Å²) < 4.78 is 29.3. The molecule has 0 aliphatic carbocycles. The number of halogens is 2. The Kier molecular flexibility index (Phi) is 3.76. The molecule has 1 heterocycles. The van der Waals surface area contributed by atoms with Crippen molar-refractivity contribution < 1.29 is 13.2 Å². The van der Waals surface area contributed by atoms with Crippen LogP contribution in [0.2, 0.25) is 10.0 Å². The third kappa shape index (κ3) is 2.77. The number of hydrogen-bond acceptors (Lipinski definition) is 4. The second kappa shape index (κ2) is 5.46. The fourth-order valence-electron chi connectivity index (χ4n) is 2.05. The third-order valence-corrected chi connectivity index (χ3v) is 4.93. The lowest BCUT2D eigenvalue weighted by molar-refractivity contribution is 0.488. The van der Waals surface area contributed by atoms with Gasteiger partial charge < -0.3 is 4.74 Å². The molecule has 22 heavy (non-hydrogen) atoms. The zero-order chi connectivity index (χ0) is 15.9. The van der Waals surface area contributed by atoms with E-state index in [-0.39, 0.29) is 4.90 Å². The maximum absolute atomic E-state index is 11.8. The monoisotopic (exact) mass is 356 g/mol. The predicted octanol–water partition coefficient (Wildman–Crippen LogP) is 4.07. The van der Waals surface area contributed by atoms with Crippen LogP contribution in [0, 0.1) is 0 Å². The van der Waals surface area contributed by atoms with Gasteiger partial charge in [-0.3, -0.25) is 5.10 Å². The first-order chi connectivity index (χ1) is 10.4. The van der Waals surface area contributed by atoms with Crippen molar-refractivity contribution in [2.75, 3.05) is 6.26 Å². The van der Waals surface area contributed by atoms with E-state index in [0.717, 1.165) is 6.26 Å². The van der Waals surface area contributed by atoms with E-state index in [1.807, 2.05) is 0 Å². The molecule has 0 radical (unpaired) electrons. The number of benzene rings is 2. The van der Waals surface area contributed by atoms with Crippen LogP contribution in [0.15, 0.2) is 41.4 Å². The van der Waals surface area contributed by atoms with E-state index in [9.17, 15) is 8.42 Å². The minimum atomic E-state index is -3.37. The average Bonchev–Trinajstić information content (AvgIpc) is 2.91. The van der Waals surface area contributed by atoms with Crippen molar-refractivity contribution in [3.8, 4) is 11.5 Å². The van der Waals surface area contributed by atoms with Crippen molar-refractivity contribution in [3.05, 3.63) is 46.6 Å². The molecule has 0 aliphatic rings. The summed E-state index contributed by atoms with van der Waals surface area (Å²) in [4.78, 5) is 0.168. The first-order valence-corrected chi connectivity index (χ1v) is 8.80. The van der Waals surface area contributed by atoms with Crippen molar-refractivity contribution in [1.82, 2.24) is 10.2 Å². The molecule has 0 saturated heterocycles. The smallest absolute Gasteiger partial charge is 0.177 e. The van der Waals surface area contributed by atoms with Crippen LogP contribution in [-0.2, 0) is 9.84 Å². The second-order valence-electron chi connectivity index (χ2n) is 4.67. The standard InChI is InChI=1S/C14H10Cl2N2O3S/c1-22(19,20)13-5-4-12(9-7-17-18-14(9)13)21-8-2-3-10(15)11(16)6-8/h2-7H,1H3,(H,17,18). The molecule has 1 aromatic heterocycles. The van der Waals surface area contributed by atoms with Crippen LogP contribution in [0.25, 0.3) is 10.9 Å². The molecule has 1 N–H and O–H groups in total. The van der Waals surface area contributed by atoms with E-state index in [4.69, 9.17) is 27.9 Å². The van der Waals surface area contributed by atoms with Gasteiger partial charge in [0.15, 0.2) is 9.84 Å². The molecule has 0 unspecified atom stereocenters. The van der Waals surface area contributed by atoms with Crippen LogP contribution >= 0.6 is 23.2 Å². The van der Waals surface area contributed by atoms with Crippen molar-refractivity contribution in [1.29, 1.82) is 0 Å². The number of sulfone groups is 1. The zero-order valence-electron chi connectivity index (χ0n) is 11.3. The first-order valence-electron chi connectivity index (χ1n) is 6.15. The van der Waals surface area contributed by atoms with Gasteiger partial charge in [-0.2, -0.15) is 5.10 Å². The van der Waals surface area contributed by atoms with Crippen LogP contribution in [0.3, 0.4) is 0 Å². The van der Waals surface area contributed by atoms with Gasteiger partial charge in [0.25, 0.3) is 0 Å². The highest BCUT2D eigenvalue weighted by Gasteiger charge is 2.16. The molecule has 0 amide bonds. The minimum Gasteiger partial charge on any atom is -0.457 e. The van der Waals surface area contributed by atoms with Gasteiger partial charge in [0.05, 0.1) is 32.0 Å². The summed E-state index contributed by atoms with van der Waals surface area (Å²) in [5.41, 5.74) is 0.403. The van der Waals surface area contributed by atoms with Gasteiger partial charge in [0.1, 0.15) is 11.5 Å². The van der Waals surface area contributed by atoms with E-state index in [2.05, 4.69) is 10.2 Å². The lowest BCUT2D eigenvalue weighted by atomic mass is 10.2. The van der Waals surface area contributed by atoms with Crippen LogP contribution in [-0.4, -0.2) is 24.9 Å². The highest BCUT2D eigenvalue weighted by molar-refractivity contribution is 7.91. The Morgan fingerprint density at radius 3 is 2.59 bits per heavy atom. The number of nitrogens with one attached hydrogen (secondary N) is 1. The number of H-pyrrole nitrogens is 1. The summed E-state index contributed by atoms with van der Waals surface area (Å²) in [6, 6.07) is 7.93. The van der Waals surface area contributed by atoms with Gasteiger partial charge in [0.2, 0.25) is 0 Å². The van der Waals surface area contributed by atoms with E-state index >= 15 is 0 Å². The molecular formula is C14H10Cl2N2O3S. The fourth-order valence-corrected chi connectivity index (χ4v) is 3.18. The molecule has 0 saturated carbocycles.